The van der Waals surface area contributed by atoms with E-state index in [-0.39, 0.29) is 35.4 Å². The maximum atomic E-state index is 15.3. The van der Waals surface area contributed by atoms with Gasteiger partial charge in [-0.1, -0.05) is 12.1 Å². The molecule has 1 saturated carbocycles. The van der Waals surface area contributed by atoms with Gasteiger partial charge in [-0.25, -0.2) is 13.8 Å². The number of aryl methyl sites for hydroxylation is 1. The average Bonchev–Trinajstić information content (AvgIpc) is 3.74. The number of aromatic nitrogens is 2. The van der Waals surface area contributed by atoms with E-state index in [1.165, 1.54) is 25.3 Å². The summed E-state index contributed by atoms with van der Waals surface area (Å²) in [6.07, 6.45) is 2.47. The molecule has 0 bridgehead atoms. The number of benzene rings is 3. The lowest BCUT2D eigenvalue weighted by molar-refractivity contribution is -0.132. The van der Waals surface area contributed by atoms with Gasteiger partial charge >= 0.3 is 0 Å². The molecule has 0 radical (unpaired) electrons. The van der Waals surface area contributed by atoms with Crippen molar-refractivity contribution in [3.8, 4) is 40.2 Å². The topological polar surface area (TPSA) is 108 Å². The Balaban J connectivity index is 1.37. The Kier molecular flexibility index (Phi) is 7.23. The van der Waals surface area contributed by atoms with Crippen LogP contribution in [0.5, 0.6) is 17.2 Å². The summed E-state index contributed by atoms with van der Waals surface area (Å²) in [5.74, 6) is 3.42. The molecule has 5 aromatic rings. The number of nitrogens with two attached hydrogens (primary N) is 1. The van der Waals surface area contributed by atoms with Crippen LogP contribution in [0, 0.1) is 28.9 Å². The Morgan fingerprint density at radius 1 is 1.00 bits per heavy atom. The summed E-state index contributed by atoms with van der Waals surface area (Å²) in [5, 5.41) is 3.30. The third-order valence-corrected chi connectivity index (χ3v) is 7.61. The zero-order chi connectivity index (χ0) is 31.0. The lowest BCUT2D eigenvalue weighted by Crippen LogP contribution is -2.36. The van der Waals surface area contributed by atoms with Crippen molar-refractivity contribution < 1.29 is 27.8 Å². The zero-order valence-corrected chi connectivity index (χ0v) is 23.8. The van der Waals surface area contributed by atoms with Crippen molar-refractivity contribution in [1.82, 2.24) is 9.55 Å². The first-order valence-corrected chi connectivity index (χ1v) is 13.7. The first-order valence-electron chi connectivity index (χ1n) is 13.7. The van der Waals surface area contributed by atoms with Crippen molar-refractivity contribution in [2.24, 2.45) is 18.2 Å². The van der Waals surface area contributed by atoms with Gasteiger partial charge in [0.15, 0.2) is 11.6 Å². The van der Waals surface area contributed by atoms with E-state index in [0.29, 0.717) is 22.7 Å². The molecule has 3 N–H and O–H groups in total. The zero-order valence-electron chi connectivity index (χ0n) is 23.8. The van der Waals surface area contributed by atoms with Gasteiger partial charge in [0.2, 0.25) is 11.8 Å². The van der Waals surface area contributed by atoms with E-state index >= 15 is 4.39 Å². The highest BCUT2D eigenvalue weighted by Crippen LogP contribution is 2.47. The van der Waals surface area contributed by atoms with Crippen molar-refractivity contribution in [3.05, 3.63) is 102 Å². The first kappa shape index (κ1) is 28.4. The second-order valence-electron chi connectivity index (χ2n) is 10.4. The second kappa shape index (κ2) is 11.2. The van der Waals surface area contributed by atoms with Gasteiger partial charge in [-0.3, -0.25) is 9.59 Å². The number of halogens is 2. The Labute approximate surface area is 251 Å². The predicted molar refractivity (Wildman–Crippen MR) is 161 cm³/mol. The van der Waals surface area contributed by atoms with Gasteiger partial charge in [0.1, 0.15) is 28.4 Å². The van der Waals surface area contributed by atoms with Gasteiger partial charge in [0.05, 0.1) is 24.0 Å². The summed E-state index contributed by atoms with van der Waals surface area (Å²) in [4.78, 5) is 29.4. The summed E-state index contributed by atoms with van der Waals surface area (Å²) in [7, 11) is 3.28. The highest BCUT2D eigenvalue weighted by molar-refractivity contribution is 6.13. The van der Waals surface area contributed by atoms with Crippen LogP contribution in [0.2, 0.25) is 0 Å². The predicted octanol–water partition coefficient (Wildman–Crippen LogP) is 5.92. The number of anilines is 1. The number of fused-ring (bicyclic) bond motifs is 1. The minimum Gasteiger partial charge on any atom is -0.496 e. The molecule has 2 aromatic heterocycles. The third-order valence-electron chi connectivity index (χ3n) is 7.61. The number of hydrogen-bond donors (Lipinski definition) is 2. The van der Waals surface area contributed by atoms with E-state index in [0.717, 1.165) is 17.1 Å². The fraction of sp³-hybridized carbons (Fsp3) is 0.147. The molecule has 220 valence electrons. The molecule has 1 fully saturated rings. The number of carbonyl (C=O) groups is 2. The SMILES string of the molecule is COc1cc(Oc2cc(C#Cc3cccn3C)nc3ccccc23)ccc1-c1c(NC(=O)C2(C(N)=O)CC2)ccc(F)c1F. The van der Waals surface area contributed by atoms with Crippen LogP contribution in [0.3, 0.4) is 0 Å². The van der Waals surface area contributed by atoms with Crippen LogP contribution in [0.25, 0.3) is 22.0 Å². The van der Waals surface area contributed by atoms with Gasteiger partial charge in [0.25, 0.3) is 0 Å². The second-order valence-corrected chi connectivity index (χ2v) is 10.4. The quantitative estimate of drug-likeness (QED) is 0.180. The molecule has 0 aliphatic heterocycles. The maximum Gasteiger partial charge on any atom is 0.240 e. The van der Waals surface area contributed by atoms with E-state index in [9.17, 15) is 14.0 Å². The minimum atomic E-state index is -1.36. The summed E-state index contributed by atoms with van der Waals surface area (Å²) in [6.45, 7) is 0. The molecule has 0 spiro atoms. The Bertz CT molecular complexity index is 2020. The van der Waals surface area contributed by atoms with Gasteiger partial charge in [-0.15, -0.1) is 0 Å². The molecule has 1 aliphatic rings. The number of carbonyl (C=O) groups excluding carboxylic acids is 2. The number of nitrogens with one attached hydrogen (secondary N) is 1. The van der Waals surface area contributed by atoms with E-state index in [2.05, 4.69) is 22.1 Å². The van der Waals surface area contributed by atoms with Crippen LogP contribution in [0.15, 0.2) is 79.0 Å². The first-order chi connectivity index (χ1) is 21.2. The summed E-state index contributed by atoms with van der Waals surface area (Å²) in [5.41, 5.74) is 5.95. The van der Waals surface area contributed by atoms with Crippen LogP contribution < -0.4 is 20.5 Å². The summed E-state index contributed by atoms with van der Waals surface area (Å²) < 4.78 is 43.5. The maximum absolute atomic E-state index is 15.3. The molecular weight excluding hydrogens is 566 g/mol. The highest BCUT2D eigenvalue weighted by Gasteiger charge is 2.55. The van der Waals surface area contributed by atoms with E-state index in [1.54, 1.807) is 12.1 Å². The average molecular weight is 593 g/mol. The monoisotopic (exact) mass is 592 g/mol. The molecule has 10 heteroatoms. The summed E-state index contributed by atoms with van der Waals surface area (Å²) >= 11 is 0. The standard InChI is InChI=1S/C34H26F2N4O4/c1-40-17-5-6-21(40)10-9-20-18-29(23-7-3-4-8-26(23)38-20)44-22-11-12-24(28(19-22)43-2)30-27(14-13-25(35)31(30)36)39-33(42)34(15-16-34)32(37)41/h3-8,11-14,17-19H,15-16H2,1-2H3,(H2,37,41)(H,39,42). The molecule has 8 nitrogen and oxygen atoms in total. The van der Waals surface area contributed by atoms with Crippen LogP contribution in [-0.4, -0.2) is 28.5 Å². The van der Waals surface area contributed by atoms with Crippen molar-refractivity contribution in [1.29, 1.82) is 0 Å². The smallest absolute Gasteiger partial charge is 0.240 e. The van der Waals surface area contributed by atoms with Crippen LogP contribution in [-0.2, 0) is 16.6 Å². The number of ether oxygens (including phenoxy) is 2. The molecule has 0 unspecified atom stereocenters. The molecule has 44 heavy (non-hydrogen) atoms. The van der Waals surface area contributed by atoms with Gasteiger partial charge in [-0.2, -0.15) is 0 Å². The largest absolute Gasteiger partial charge is 0.496 e. The number of primary amides is 1. The van der Waals surface area contributed by atoms with Gasteiger partial charge < -0.3 is 25.1 Å². The molecule has 0 atom stereocenters. The van der Waals surface area contributed by atoms with E-state index in [1.807, 2.05) is 54.2 Å². The van der Waals surface area contributed by atoms with Crippen LogP contribution >= 0.6 is 0 Å². The minimum absolute atomic E-state index is 0.0324. The number of nitrogens with zero attached hydrogens (tertiary/aromatic N) is 2. The molecule has 6 rings (SSSR count). The molecule has 0 saturated heterocycles. The van der Waals surface area contributed by atoms with Crippen molar-refractivity contribution in [3.63, 3.8) is 0 Å². The Hall–Kier alpha value is -5.69. The van der Waals surface area contributed by atoms with Crippen molar-refractivity contribution >= 4 is 28.4 Å². The number of methoxy groups -OCH3 is 1. The van der Waals surface area contributed by atoms with Gasteiger partial charge in [-0.05, 0) is 73.2 Å². The summed E-state index contributed by atoms with van der Waals surface area (Å²) in [6, 6.07) is 19.7. The van der Waals surface area contributed by atoms with Crippen molar-refractivity contribution in [2.75, 3.05) is 12.4 Å². The number of rotatable bonds is 7. The third kappa shape index (κ3) is 5.20. The van der Waals surface area contributed by atoms with E-state index in [4.69, 9.17) is 15.2 Å². The molecular formula is C34H26F2N4O4. The molecule has 1 aliphatic carbocycles. The van der Waals surface area contributed by atoms with Crippen LogP contribution in [0.4, 0.5) is 14.5 Å². The number of pyridine rings is 1. The number of hydrogen-bond acceptors (Lipinski definition) is 5. The van der Waals surface area contributed by atoms with Crippen LogP contribution in [0.1, 0.15) is 24.2 Å². The number of amides is 2. The lowest BCUT2D eigenvalue weighted by atomic mass is 9.99. The van der Waals surface area contributed by atoms with Gasteiger partial charge in [0, 0.05) is 41.9 Å². The fourth-order valence-corrected chi connectivity index (χ4v) is 4.95. The lowest BCUT2D eigenvalue weighted by Gasteiger charge is -2.18. The normalized spacial score (nSPS) is 13.1. The fourth-order valence-electron chi connectivity index (χ4n) is 4.95. The molecule has 3 aromatic carbocycles. The van der Waals surface area contributed by atoms with Crippen molar-refractivity contribution in [2.45, 2.75) is 12.8 Å². The highest BCUT2D eigenvalue weighted by atomic mass is 19.2. The number of para-hydroxylation sites is 1. The Morgan fingerprint density at radius 2 is 1.80 bits per heavy atom. The molecule has 2 amide bonds. The Morgan fingerprint density at radius 3 is 2.50 bits per heavy atom. The molecule has 2 heterocycles. The van der Waals surface area contributed by atoms with E-state index < -0.39 is 28.9 Å².